The van der Waals surface area contributed by atoms with Gasteiger partial charge in [0.15, 0.2) is 0 Å². The highest BCUT2D eigenvalue weighted by molar-refractivity contribution is 6.68. The topological polar surface area (TPSA) is 35.2 Å². The minimum absolute atomic E-state index is 0.0936. The minimum atomic E-state index is -0.0936. The van der Waals surface area contributed by atoms with E-state index in [4.69, 9.17) is 10.4 Å². The van der Waals surface area contributed by atoms with Crippen molar-refractivity contribution < 1.29 is 4.65 Å². The number of hydrogen-bond acceptors (Lipinski definition) is 2. The highest BCUT2D eigenvalue weighted by Gasteiger charge is 2.49. The summed E-state index contributed by atoms with van der Waals surface area (Å²) >= 11 is 0. The van der Waals surface area contributed by atoms with Crippen LogP contribution in [0.4, 0.5) is 0 Å². The van der Waals surface area contributed by atoms with Crippen LogP contribution in [-0.2, 0) is 4.65 Å². The third-order valence-corrected chi connectivity index (χ3v) is 5.73. The second-order valence-electron chi connectivity index (χ2n) is 8.13. The molecule has 1 unspecified atom stereocenters. The van der Waals surface area contributed by atoms with E-state index in [1.165, 1.54) is 16.6 Å². The number of nitrogens with two attached hydrogens (primary N) is 1. The van der Waals surface area contributed by atoms with Gasteiger partial charge in [0.05, 0.1) is 5.60 Å². The molecule has 126 valence electrons. The molecule has 0 bridgehead atoms. The first-order chi connectivity index (χ1) is 11.3. The summed E-state index contributed by atoms with van der Waals surface area (Å²) in [6.45, 7) is 9.16. The zero-order chi connectivity index (χ0) is 17.4. The molecule has 1 heterocycles. The van der Waals surface area contributed by atoms with Gasteiger partial charge in [0.2, 0.25) is 0 Å². The summed E-state index contributed by atoms with van der Waals surface area (Å²) in [4.78, 5) is 0. The lowest BCUT2D eigenvalue weighted by atomic mass is 9.54. The number of rotatable bonds is 2. The van der Waals surface area contributed by atoms with Crippen molar-refractivity contribution in [3.8, 4) is 0 Å². The number of hydrogen-bond donors (Lipinski definition) is 1. The number of allylic oxidation sites excluding steroid dienone is 4. The van der Waals surface area contributed by atoms with Crippen LogP contribution in [0.25, 0.3) is 5.57 Å². The van der Waals surface area contributed by atoms with Crippen LogP contribution in [0.2, 0.25) is 6.32 Å². The normalized spacial score (nSPS) is 26.6. The van der Waals surface area contributed by atoms with Gasteiger partial charge in [0.1, 0.15) is 0 Å². The largest absolute Gasteiger partial charge is 0.426 e. The first-order valence-electron chi connectivity index (χ1n) is 8.87. The van der Waals surface area contributed by atoms with Crippen molar-refractivity contribution in [3.05, 3.63) is 60.2 Å². The molecule has 2 aliphatic rings. The average molecular weight is 321 g/mol. The molecule has 1 atom stereocenters. The third-order valence-electron chi connectivity index (χ3n) is 5.73. The van der Waals surface area contributed by atoms with Gasteiger partial charge in [-0.15, -0.1) is 0 Å². The van der Waals surface area contributed by atoms with E-state index in [1.54, 1.807) is 0 Å². The van der Waals surface area contributed by atoms with E-state index >= 15 is 0 Å². The molecule has 0 aromatic heterocycles. The molecule has 0 spiro atoms. The van der Waals surface area contributed by atoms with Crippen LogP contribution in [0.15, 0.2) is 54.6 Å². The molecular weight excluding hydrogens is 293 g/mol. The maximum Gasteiger partial charge on any atom is 0.327 e. The molecule has 3 heteroatoms. The van der Waals surface area contributed by atoms with Gasteiger partial charge in [-0.25, -0.2) is 0 Å². The number of benzene rings is 1. The molecule has 2 nitrogen and oxygen atoms in total. The third kappa shape index (κ3) is 3.43. The monoisotopic (exact) mass is 321 g/mol. The van der Waals surface area contributed by atoms with E-state index in [2.05, 4.69) is 70.2 Å². The average Bonchev–Trinajstić information content (AvgIpc) is 2.72. The molecule has 1 aliphatic carbocycles. The quantitative estimate of drug-likeness (QED) is 0.837. The second kappa shape index (κ2) is 6.38. The summed E-state index contributed by atoms with van der Waals surface area (Å²) in [5.74, 6) is 0. The lowest BCUT2D eigenvalue weighted by molar-refractivity contribution is 0.0375. The fourth-order valence-electron chi connectivity index (χ4n) is 3.33. The predicted octanol–water partition coefficient (Wildman–Crippen LogP) is 3.95. The Morgan fingerprint density at radius 3 is 2.42 bits per heavy atom. The lowest BCUT2D eigenvalue weighted by Crippen LogP contribution is -2.36. The molecule has 1 aromatic carbocycles. The summed E-state index contributed by atoms with van der Waals surface area (Å²) in [5.41, 5.74) is 9.84. The summed E-state index contributed by atoms with van der Waals surface area (Å²) in [5, 5.41) is 0. The van der Waals surface area contributed by atoms with Gasteiger partial charge < -0.3 is 10.4 Å². The Labute approximate surface area is 146 Å². The Morgan fingerprint density at radius 1 is 1.08 bits per heavy atom. The molecule has 0 saturated carbocycles. The van der Waals surface area contributed by atoms with Gasteiger partial charge in [-0.2, -0.15) is 0 Å². The molecule has 24 heavy (non-hydrogen) atoms. The molecule has 0 amide bonds. The Balaban J connectivity index is 1.79. The predicted molar refractivity (Wildman–Crippen MR) is 104 cm³/mol. The fraction of sp³-hybridized carbons (Fsp3) is 0.429. The van der Waals surface area contributed by atoms with Crippen LogP contribution in [0.3, 0.4) is 0 Å². The molecule has 1 aromatic rings. The van der Waals surface area contributed by atoms with Gasteiger partial charge in [-0.05, 0) is 48.6 Å². The van der Waals surface area contributed by atoms with Crippen LogP contribution in [-0.4, -0.2) is 18.6 Å². The van der Waals surface area contributed by atoms with Crippen molar-refractivity contribution in [2.24, 2.45) is 11.1 Å². The van der Waals surface area contributed by atoms with Crippen LogP contribution in [0.1, 0.15) is 39.7 Å². The zero-order valence-corrected chi connectivity index (χ0v) is 15.3. The van der Waals surface area contributed by atoms with Crippen molar-refractivity contribution in [2.75, 3.05) is 0 Å². The molecule has 1 aliphatic heterocycles. The van der Waals surface area contributed by atoms with E-state index in [-0.39, 0.29) is 24.0 Å². The van der Waals surface area contributed by atoms with Crippen LogP contribution < -0.4 is 11.2 Å². The summed E-state index contributed by atoms with van der Waals surface area (Å²) in [6, 6.07) is 8.91. The minimum Gasteiger partial charge on any atom is -0.426 e. The Kier molecular flexibility index (Phi) is 4.59. The van der Waals surface area contributed by atoms with E-state index in [0.29, 0.717) is 0 Å². The maximum atomic E-state index is 6.33. The lowest BCUT2D eigenvalue weighted by Gasteiger charge is -2.34. The fourth-order valence-corrected chi connectivity index (χ4v) is 3.33. The van der Waals surface area contributed by atoms with E-state index in [9.17, 15) is 0 Å². The van der Waals surface area contributed by atoms with Crippen molar-refractivity contribution >= 4 is 18.0 Å². The summed E-state index contributed by atoms with van der Waals surface area (Å²) in [6.07, 6.45) is 12.4. The summed E-state index contributed by atoms with van der Waals surface area (Å²) < 4.78 is 6.33. The van der Waals surface area contributed by atoms with Crippen molar-refractivity contribution in [1.82, 2.24) is 0 Å². The van der Waals surface area contributed by atoms with Gasteiger partial charge in [0.25, 0.3) is 0 Å². The van der Waals surface area contributed by atoms with Gasteiger partial charge in [-0.3, -0.25) is 0 Å². The molecule has 2 N–H and O–H groups in total. The molecule has 1 fully saturated rings. The Bertz CT molecular complexity index is 666. The highest BCUT2D eigenvalue weighted by Crippen LogP contribution is 2.45. The van der Waals surface area contributed by atoms with Crippen molar-refractivity contribution in [1.29, 1.82) is 0 Å². The maximum absolute atomic E-state index is 6.33. The molecule has 1 saturated heterocycles. The van der Waals surface area contributed by atoms with E-state index in [0.717, 1.165) is 12.7 Å². The van der Waals surface area contributed by atoms with Crippen molar-refractivity contribution in [2.45, 2.75) is 52.1 Å². The standard InChI is InChI=1S/C21H28BNO/c1-20(2)15-22(24-21(20,3)4)18-12-9-17(10-13-18)16-7-5-6-8-19(23)14-11-16/h5-13,19H,14-15,23H2,1-4H3/b7-5?,8-6+,16-11?. The van der Waals surface area contributed by atoms with Gasteiger partial charge in [0, 0.05) is 6.04 Å². The molecule has 0 radical (unpaired) electrons. The van der Waals surface area contributed by atoms with Crippen molar-refractivity contribution in [3.63, 3.8) is 0 Å². The van der Waals surface area contributed by atoms with Crippen LogP contribution in [0, 0.1) is 5.41 Å². The highest BCUT2D eigenvalue weighted by atomic mass is 16.5. The van der Waals surface area contributed by atoms with E-state index < -0.39 is 0 Å². The zero-order valence-electron chi connectivity index (χ0n) is 15.3. The first-order valence-corrected chi connectivity index (χ1v) is 8.87. The Morgan fingerprint density at radius 2 is 1.79 bits per heavy atom. The van der Waals surface area contributed by atoms with Crippen LogP contribution >= 0.6 is 0 Å². The van der Waals surface area contributed by atoms with Gasteiger partial charge >= 0.3 is 6.92 Å². The molecule has 3 rings (SSSR count). The van der Waals surface area contributed by atoms with Crippen LogP contribution in [0.5, 0.6) is 0 Å². The summed E-state index contributed by atoms with van der Waals surface area (Å²) in [7, 11) is 0. The first kappa shape index (κ1) is 17.3. The van der Waals surface area contributed by atoms with Gasteiger partial charge in [-0.1, -0.05) is 68.5 Å². The van der Waals surface area contributed by atoms with E-state index in [1.807, 2.05) is 12.2 Å². The second-order valence-corrected chi connectivity index (χ2v) is 8.13. The SMILES string of the molecule is CC1(C)CB(c2ccc(C3=CCC(N)/C=C/C=C3)cc2)OC1(C)C. The molecular formula is C21H28BNO. The smallest absolute Gasteiger partial charge is 0.327 e. The Hall–Kier alpha value is -1.58.